The first-order chi connectivity index (χ1) is 12.8. The SMILES string of the molecule is OCCCNc1nc(NCCN2CCOCC2)cc(-c2ccccc2)n1. The van der Waals surface area contributed by atoms with Crippen molar-refractivity contribution < 1.29 is 9.84 Å². The van der Waals surface area contributed by atoms with Crippen LogP contribution in [0.5, 0.6) is 0 Å². The van der Waals surface area contributed by atoms with Gasteiger partial charge in [-0.2, -0.15) is 4.98 Å². The topological polar surface area (TPSA) is 82.5 Å². The van der Waals surface area contributed by atoms with Crippen molar-refractivity contribution in [2.75, 3.05) is 63.2 Å². The number of morpholine rings is 1. The Morgan fingerprint density at radius 3 is 2.62 bits per heavy atom. The highest BCUT2D eigenvalue weighted by atomic mass is 16.5. The van der Waals surface area contributed by atoms with Gasteiger partial charge in [-0.15, -0.1) is 0 Å². The van der Waals surface area contributed by atoms with Crippen LogP contribution in [-0.2, 0) is 4.74 Å². The summed E-state index contributed by atoms with van der Waals surface area (Å²) >= 11 is 0. The van der Waals surface area contributed by atoms with Gasteiger partial charge in [0.1, 0.15) is 5.82 Å². The van der Waals surface area contributed by atoms with E-state index in [0.717, 1.165) is 56.5 Å². The number of nitrogens with zero attached hydrogens (tertiary/aromatic N) is 3. The van der Waals surface area contributed by atoms with Gasteiger partial charge in [-0.3, -0.25) is 4.90 Å². The lowest BCUT2D eigenvalue weighted by Crippen LogP contribution is -2.39. The number of aromatic nitrogens is 2. The molecule has 0 bridgehead atoms. The van der Waals surface area contributed by atoms with Crippen molar-refractivity contribution in [2.45, 2.75) is 6.42 Å². The standard InChI is InChI=1S/C19H27N5O2/c25-12-4-7-21-19-22-17(16-5-2-1-3-6-16)15-18(23-19)20-8-9-24-10-13-26-14-11-24/h1-3,5-6,15,25H,4,7-14H2,(H2,20,21,22,23). The Balaban J connectivity index is 1.67. The third-order valence-electron chi connectivity index (χ3n) is 4.25. The Bertz CT molecular complexity index is 662. The number of hydrogen-bond acceptors (Lipinski definition) is 7. The zero-order chi connectivity index (χ0) is 18.0. The Morgan fingerprint density at radius 2 is 1.85 bits per heavy atom. The van der Waals surface area contributed by atoms with Crippen molar-refractivity contribution in [3.63, 3.8) is 0 Å². The molecular weight excluding hydrogens is 330 g/mol. The van der Waals surface area contributed by atoms with Crippen LogP contribution < -0.4 is 10.6 Å². The highest BCUT2D eigenvalue weighted by molar-refractivity contribution is 5.64. The third-order valence-corrected chi connectivity index (χ3v) is 4.25. The average Bonchev–Trinajstić information content (AvgIpc) is 2.70. The maximum absolute atomic E-state index is 8.96. The molecule has 1 aliphatic rings. The van der Waals surface area contributed by atoms with Crippen LogP contribution in [0.4, 0.5) is 11.8 Å². The molecule has 0 atom stereocenters. The molecular formula is C19H27N5O2. The molecule has 0 saturated carbocycles. The van der Waals surface area contributed by atoms with Gasteiger partial charge in [-0.05, 0) is 6.42 Å². The van der Waals surface area contributed by atoms with Crippen molar-refractivity contribution >= 4 is 11.8 Å². The molecule has 2 heterocycles. The minimum absolute atomic E-state index is 0.149. The average molecular weight is 357 g/mol. The van der Waals surface area contributed by atoms with Gasteiger partial charge in [0, 0.05) is 51.0 Å². The molecule has 1 saturated heterocycles. The van der Waals surface area contributed by atoms with Crippen molar-refractivity contribution in [1.29, 1.82) is 0 Å². The molecule has 1 aromatic heterocycles. The summed E-state index contributed by atoms with van der Waals surface area (Å²) in [7, 11) is 0. The third kappa shape index (κ3) is 5.66. The molecule has 0 aliphatic carbocycles. The summed E-state index contributed by atoms with van der Waals surface area (Å²) in [6.45, 7) is 6.15. The summed E-state index contributed by atoms with van der Waals surface area (Å²) < 4.78 is 5.38. The van der Waals surface area contributed by atoms with Crippen LogP contribution in [0.15, 0.2) is 36.4 Å². The summed E-state index contributed by atoms with van der Waals surface area (Å²) in [5.41, 5.74) is 1.93. The highest BCUT2D eigenvalue weighted by Crippen LogP contribution is 2.21. The van der Waals surface area contributed by atoms with E-state index in [0.29, 0.717) is 18.9 Å². The normalized spacial score (nSPS) is 15.0. The molecule has 3 rings (SSSR count). The number of ether oxygens (including phenoxy) is 1. The first kappa shape index (κ1) is 18.6. The number of rotatable bonds is 9. The van der Waals surface area contributed by atoms with Crippen molar-refractivity contribution in [2.24, 2.45) is 0 Å². The van der Waals surface area contributed by atoms with Crippen LogP contribution in [0, 0.1) is 0 Å². The van der Waals surface area contributed by atoms with Crippen LogP contribution in [0.25, 0.3) is 11.3 Å². The molecule has 26 heavy (non-hydrogen) atoms. The Kier molecular flexibility index (Phi) is 7.18. The first-order valence-electron chi connectivity index (χ1n) is 9.18. The Morgan fingerprint density at radius 1 is 1.04 bits per heavy atom. The Labute approximate surface area is 154 Å². The van der Waals surface area contributed by atoms with Crippen LogP contribution in [0.1, 0.15) is 6.42 Å². The molecule has 3 N–H and O–H groups in total. The summed E-state index contributed by atoms with van der Waals surface area (Å²) in [5, 5.41) is 15.6. The molecule has 1 aliphatic heterocycles. The van der Waals surface area contributed by atoms with Gasteiger partial charge in [0.05, 0.1) is 18.9 Å². The zero-order valence-electron chi connectivity index (χ0n) is 15.0. The second kappa shape index (κ2) is 10.1. The first-order valence-corrected chi connectivity index (χ1v) is 9.18. The molecule has 7 nitrogen and oxygen atoms in total. The van der Waals surface area contributed by atoms with Crippen LogP contribution in [0.2, 0.25) is 0 Å². The quantitative estimate of drug-likeness (QED) is 0.589. The maximum atomic E-state index is 8.96. The second-order valence-corrected chi connectivity index (χ2v) is 6.21. The maximum Gasteiger partial charge on any atom is 0.225 e. The van der Waals surface area contributed by atoms with E-state index in [1.165, 1.54) is 0 Å². The molecule has 7 heteroatoms. The molecule has 0 unspecified atom stereocenters. The monoisotopic (exact) mass is 357 g/mol. The molecule has 0 spiro atoms. The fourth-order valence-electron chi connectivity index (χ4n) is 2.82. The molecule has 1 aromatic carbocycles. The number of anilines is 2. The van der Waals surface area contributed by atoms with Gasteiger partial charge in [-0.25, -0.2) is 4.98 Å². The predicted molar refractivity (Wildman–Crippen MR) is 103 cm³/mol. The number of aliphatic hydroxyl groups is 1. The lowest BCUT2D eigenvalue weighted by molar-refractivity contribution is 0.0398. The summed E-state index contributed by atoms with van der Waals surface area (Å²) in [5.74, 6) is 1.38. The molecule has 0 radical (unpaired) electrons. The van der Waals surface area contributed by atoms with Gasteiger partial charge in [-0.1, -0.05) is 30.3 Å². The minimum Gasteiger partial charge on any atom is -0.396 e. The molecule has 0 amide bonds. The van der Waals surface area contributed by atoms with E-state index >= 15 is 0 Å². The number of benzene rings is 1. The van der Waals surface area contributed by atoms with Crippen LogP contribution in [-0.4, -0.2) is 72.5 Å². The molecule has 140 valence electrons. The van der Waals surface area contributed by atoms with Gasteiger partial charge >= 0.3 is 0 Å². The number of hydrogen-bond donors (Lipinski definition) is 3. The Hall–Kier alpha value is -2.22. The largest absolute Gasteiger partial charge is 0.396 e. The van der Waals surface area contributed by atoms with Gasteiger partial charge in [0.15, 0.2) is 0 Å². The molecule has 1 fully saturated rings. The van der Waals surface area contributed by atoms with Crippen LogP contribution >= 0.6 is 0 Å². The van der Waals surface area contributed by atoms with E-state index in [-0.39, 0.29) is 6.61 Å². The summed E-state index contributed by atoms with van der Waals surface area (Å²) in [6.07, 6.45) is 0.665. The zero-order valence-corrected chi connectivity index (χ0v) is 15.0. The summed E-state index contributed by atoms with van der Waals surface area (Å²) in [6, 6.07) is 12.1. The second-order valence-electron chi connectivity index (χ2n) is 6.21. The fraction of sp³-hybridized carbons (Fsp3) is 0.474. The van der Waals surface area contributed by atoms with E-state index in [1.807, 2.05) is 36.4 Å². The van der Waals surface area contributed by atoms with Crippen molar-refractivity contribution in [1.82, 2.24) is 14.9 Å². The van der Waals surface area contributed by atoms with E-state index in [1.54, 1.807) is 0 Å². The predicted octanol–water partition coefficient (Wildman–Crippen LogP) is 1.68. The van der Waals surface area contributed by atoms with Gasteiger partial charge in [0.25, 0.3) is 0 Å². The lowest BCUT2D eigenvalue weighted by Gasteiger charge is -2.26. The van der Waals surface area contributed by atoms with Crippen LogP contribution in [0.3, 0.4) is 0 Å². The van der Waals surface area contributed by atoms with Crippen molar-refractivity contribution in [3.05, 3.63) is 36.4 Å². The van der Waals surface area contributed by atoms with Crippen molar-refractivity contribution in [3.8, 4) is 11.3 Å². The molecule has 2 aromatic rings. The smallest absolute Gasteiger partial charge is 0.225 e. The van der Waals surface area contributed by atoms with E-state index in [4.69, 9.17) is 9.84 Å². The van der Waals surface area contributed by atoms with E-state index in [9.17, 15) is 0 Å². The number of nitrogens with one attached hydrogen (secondary N) is 2. The summed E-state index contributed by atoms with van der Waals surface area (Å²) in [4.78, 5) is 11.5. The van der Waals surface area contributed by atoms with Gasteiger partial charge in [0.2, 0.25) is 5.95 Å². The van der Waals surface area contributed by atoms with E-state index < -0.39 is 0 Å². The van der Waals surface area contributed by atoms with Gasteiger partial charge < -0.3 is 20.5 Å². The van der Waals surface area contributed by atoms with E-state index in [2.05, 4.69) is 25.5 Å². The number of aliphatic hydroxyl groups excluding tert-OH is 1. The fourth-order valence-corrected chi connectivity index (χ4v) is 2.82. The lowest BCUT2D eigenvalue weighted by atomic mass is 10.1. The minimum atomic E-state index is 0.149. The highest BCUT2D eigenvalue weighted by Gasteiger charge is 2.10.